The zero-order chi connectivity index (χ0) is 36.0. The number of nitrogens with one attached hydrogen (secondary N) is 1. The van der Waals surface area contributed by atoms with Gasteiger partial charge >= 0.3 is 5.97 Å². The van der Waals surface area contributed by atoms with Gasteiger partial charge in [0.1, 0.15) is 29.9 Å². The van der Waals surface area contributed by atoms with E-state index in [4.69, 9.17) is 9.47 Å². The summed E-state index contributed by atoms with van der Waals surface area (Å²) in [4.78, 5) is 39.7. The third-order valence-corrected chi connectivity index (χ3v) is 10.7. The summed E-state index contributed by atoms with van der Waals surface area (Å²) in [5, 5.41) is 23.1. The van der Waals surface area contributed by atoms with Gasteiger partial charge in [0.15, 0.2) is 0 Å². The summed E-state index contributed by atoms with van der Waals surface area (Å²) in [6, 6.07) is 18.2. The van der Waals surface area contributed by atoms with Crippen LogP contribution in [0.2, 0.25) is 0 Å². The summed E-state index contributed by atoms with van der Waals surface area (Å²) in [6.45, 7) is 0.430. The average molecular weight is 705 g/mol. The lowest BCUT2D eigenvalue weighted by atomic mass is 9.78. The second-order valence-corrected chi connectivity index (χ2v) is 14.3. The Labute approximate surface area is 296 Å². The maximum atomic E-state index is 13.7. The fourth-order valence-electron chi connectivity index (χ4n) is 7.61. The minimum Gasteiger partial charge on any atom is -0.480 e. The van der Waals surface area contributed by atoms with Crippen LogP contribution in [0, 0.1) is 23.5 Å². The first-order chi connectivity index (χ1) is 24.6. The van der Waals surface area contributed by atoms with E-state index in [9.17, 15) is 33.4 Å². The number of halogens is 2. The number of hydrogen-bond donors (Lipinski definition) is 3. The Hall–Kier alpha value is -4.19. The van der Waals surface area contributed by atoms with Gasteiger partial charge in [-0.3, -0.25) is 9.59 Å². The molecule has 51 heavy (non-hydrogen) atoms. The van der Waals surface area contributed by atoms with Crippen molar-refractivity contribution >= 4 is 23.5 Å². The van der Waals surface area contributed by atoms with E-state index >= 15 is 0 Å². The molecule has 1 saturated carbocycles. The molecule has 4 atom stereocenters. The minimum absolute atomic E-state index is 0.112. The number of carbonyl (C=O) groups is 3. The summed E-state index contributed by atoms with van der Waals surface area (Å²) in [5.41, 5.74) is 2.45. The molecule has 2 saturated heterocycles. The fourth-order valence-corrected chi connectivity index (χ4v) is 7.61. The van der Waals surface area contributed by atoms with Gasteiger partial charge in [0, 0.05) is 5.69 Å². The number of amides is 2. The summed E-state index contributed by atoms with van der Waals surface area (Å²) in [6.07, 6.45) is 6.89. The number of carboxylic acid groups (broad SMARTS) is 1. The first kappa shape index (κ1) is 36.6. The highest BCUT2D eigenvalue weighted by molar-refractivity contribution is 6.03. The minimum atomic E-state index is -1.03. The molecule has 6 rings (SSSR count). The molecule has 3 fully saturated rings. The third-order valence-electron chi connectivity index (χ3n) is 10.7. The van der Waals surface area contributed by atoms with E-state index in [1.807, 2.05) is 24.3 Å². The number of aryl methyl sites for hydroxylation is 1. The zero-order valence-corrected chi connectivity index (χ0v) is 28.6. The van der Waals surface area contributed by atoms with Crippen LogP contribution in [-0.4, -0.2) is 59.5 Å². The van der Waals surface area contributed by atoms with E-state index in [1.165, 1.54) is 42.8 Å². The quantitative estimate of drug-likeness (QED) is 0.147. The number of benzene rings is 3. The van der Waals surface area contributed by atoms with E-state index in [1.54, 1.807) is 17.0 Å². The Kier molecular flexibility index (Phi) is 11.8. The number of β-lactam (4-membered cyclic amide) rings is 1. The second-order valence-electron chi connectivity index (χ2n) is 14.3. The number of rotatable bonds is 16. The van der Waals surface area contributed by atoms with E-state index < -0.39 is 41.4 Å². The maximum Gasteiger partial charge on any atom is 0.326 e. The highest BCUT2D eigenvalue weighted by atomic mass is 19.1. The molecule has 3 aliphatic rings. The van der Waals surface area contributed by atoms with Crippen LogP contribution >= 0.6 is 0 Å². The molecule has 272 valence electrons. The Morgan fingerprint density at radius 2 is 1.59 bits per heavy atom. The van der Waals surface area contributed by atoms with E-state index in [2.05, 4.69) is 5.32 Å². The third kappa shape index (κ3) is 9.01. The van der Waals surface area contributed by atoms with Gasteiger partial charge in [-0.1, -0.05) is 68.5 Å². The van der Waals surface area contributed by atoms with Crippen LogP contribution in [0.15, 0.2) is 72.8 Å². The Morgan fingerprint density at radius 3 is 2.20 bits per heavy atom. The average Bonchev–Trinajstić information content (AvgIpc) is 3.11. The van der Waals surface area contributed by atoms with Crippen LogP contribution in [0.3, 0.4) is 0 Å². The van der Waals surface area contributed by atoms with Crippen LogP contribution in [0.5, 0.6) is 0 Å². The smallest absolute Gasteiger partial charge is 0.326 e. The molecule has 3 N–H and O–H groups in total. The van der Waals surface area contributed by atoms with Crippen molar-refractivity contribution < 1.29 is 42.9 Å². The SMILES string of the molecule is O=C(COC1(CCc2ccc([C@@H]3[C@@H](CC[C@H](O)c4ccc(F)cc4)C(=O)N3c3ccc(F)cc3)cc2)COC1)NC(CC1CCCCC1)C(=O)O. The van der Waals surface area contributed by atoms with Gasteiger partial charge in [0.25, 0.3) is 0 Å². The number of aliphatic hydroxyl groups excluding tert-OH is 1. The molecule has 9 nitrogen and oxygen atoms in total. The highest BCUT2D eigenvalue weighted by Gasteiger charge is 2.48. The van der Waals surface area contributed by atoms with Crippen molar-refractivity contribution in [2.45, 2.75) is 88.0 Å². The molecule has 1 aliphatic carbocycles. The first-order valence-electron chi connectivity index (χ1n) is 18.0. The number of hydrogen-bond acceptors (Lipinski definition) is 6. The molecule has 3 aromatic carbocycles. The predicted molar refractivity (Wildman–Crippen MR) is 186 cm³/mol. The van der Waals surface area contributed by atoms with Crippen LogP contribution in [0.4, 0.5) is 14.5 Å². The van der Waals surface area contributed by atoms with Crippen molar-refractivity contribution in [3.8, 4) is 0 Å². The van der Waals surface area contributed by atoms with Crippen LogP contribution < -0.4 is 10.2 Å². The lowest BCUT2D eigenvalue weighted by Gasteiger charge is -2.48. The molecule has 0 bridgehead atoms. The molecule has 2 amide bonds. The van der Waals surface area contributed by atoms with Gasteiger partial charge in [-0.25, -0.2) is 13.6 Å². The zero-order valence-electron chi connectivity index (χ0n) is 28.6. The summed E-state index contributed by atoms with van der Waals surface area (Å²) in [7, 11) is 0. The van der Waals surface area contributed by atoms with Gasteiger partial charge in [0.05, 0.1) is 31.3 Å². The number of aliphatic hydroxyl groups is 1. The van der Waals surface area contributed by atoms with E-state index in [0.717, 1.165) is 36.8 Å². The molecule has 1 unspecified atom stereocenters. The Balaban J connectivity index is 1.06. The van der Waals surface area contributed by atoms with Gasteiger partial charge in [0.2, 0.25) is 11.8 Å². The lowest BCUT2D eigenvalue weighted by Crippen LogP contribution is -2.55. The van der Waals surface area contributed by atoms with Crippen molar-refractivity contribution in [1.29, 1.82) is 0 Å². The summed E-state index contributed by atoms with van der Waals surface area (Å²) in [5.74, 6) is -2.48. The maximum absolute atomic E-state index is 13.7. The van der Waals surface area contributed by atoms with Crippen molar-refractivity contribution in [1.82, 2.24) is 5.32 Å². The summed E-state index contributed by atoms with van der Waals surface area (Å²) < 4.78 is 38.6. The molecule has 2 heterocycles. The van der Waals surface area contributed by atoms with Crippen LogP contribution in [0.25, 0.3) is 0 Å². The molecule has 11 heteroatoms. The fraction of sp³-hybridized carbons (Fsp3) is 0.475. The molecular weight excluding hydrogens is 658 g/mol. The van der Waals surface area contributed by atoms with Gasteiger partial charge in [-0.2, -0.15) is 0 Å². The first-order valence-corrected chi connectivity index (χ1v) is 18.0. The van der Waals surface area contributed by atoms with Crippen molar-refractivity contribution in [3.63, 3.8) is 0 Å². The van der Waals surface area contributed by atoms with Crippen molar-refractivity contribution in [3.05, 3.63) is 101 Å². The standard InChI is InChI=1S/C40H46F2N2O7/c41-30-12-10-28(11-13-30)35(45)19-18-33-37(44(38(33)47)32-16-14-31(42)15-17-32)29-8-6-26(7-9-29)20-21-40(24-50-25-40)51-23-36(46)43-34(39(48)49)22-27-4-2-1-3-5-27/h6-17,27,33-35,37,45H,1-5,18-25H2,(H,43,46)(H,48,49)/t33-,34?,35+,37-/m1/s1. The number of carbonyl (C=O) groups excluding carboxylic acids is 2. The molecule has 2 aliphatic heterocycles. The molecule has 0 radical (unpaired) electrons. The monoisotopic (exact) mass is 704 g/mol. The van der Waals surface area contributed by atoms with E-state index in [-0.39, 0.29) is 24.4 Å². The number of nitrogens with zero attached hydrogens (tertiary/aromatic N) is 1. The summed E-state index contributed by atoms with van der Waals surface area (Å²) >= 11 is 0. The van der Waals surface area contributed by atoms with Gasteiger partial charge in [-0.05, 0) is 91.1 Å². The molecule has 3 aromatic rings. The van der Waals surface area contributed by atoms with Crippen LogP contribution in [-0.2, 0) is 30.3 Å². The second kappa shape index (κ2) is 16.4. The number of carboxylic acids is 1. The number of anilines is 1. The van der Waals surface area contributed by atoms with Crippen molar-refractivity contribution in [2.75, 3.05) is 24.7 Å². The van der Waals surface area contributed by atoms with Crippen LogP contribution in [0.1, 0.15) is 86.6 Å². The molecular formula is C40H46F2N2O7. The highest BCUT2D eigenvalue weighted by Crippen LogP contribution is 2.46. The Bertz CT molecular complexity index is 1640. The number of aliphatic carboxylic acids is 1. The number of ether oxygens (including phenoxy) is 2. The normalized spacial score (nSPS) is 21.3. The largest absolute Gasteiger partial charge is 0.480 e. The molecule has 0 aromatic heterocycles. The van der Waals surface area contributed by atoms with E-state index in [0.29, 0.717) is 62.5 Å². The predicted octanol–water partition coefficient (Wildman–Crippen LogP) is 6.44. The lowest BCUT2D eigenvalue weighted by molar-refractivity contribution is -0.212. The van der Waals surface area contributed by atoms with Gasteiger partial charge in [-0.15, -0.1) is 0 Å². The topological polar surface area (TPSA) is 125 Å². The van der Waals surface area contributed by atoms with Gasteiger partial charge < -0.3 is 29.9 Å². The Morgan fingerprint density at radius 1 is 0.941 bits per heavy atom. The van der Waals surface area contributed by atoms with Crippen molar-refractivity contribution in [2.24, 2.45) is 11.8 Å². The molecule has 0 spiro atoms.